The average Bonchev–Trinajstić information content (AvgIpc) is 1.84. The second-order valence-corrected chi connectivity index (χ2v) is 3.60. The van der Waals surface area contributed by atoms with E-state index in [4.69, 9.17) is 11.5 Å². The normalized spacial score (nSPS) is 43.8. The lowest BCUT2D eigenvalue weighted by Crippen LogP contribution is -2.54. The van der Waals surface area contributed by atoms with Crippen LogP contribution in [-0.4, -0.2) is 5.54 Å². The third-order valence-corrected chi connectivity index (χ3v) is 2.80. The van der Waals surface area contributed by atoms with Crippen LogP contribution < -0.4 is 11.5 Å². The van der Waals surface area contributed by atoms with Crippen LogP contribution in [0.25, 0.3) is 0 Å². The number of nitrogens with two attached hydrogens (primary N) is 2. The first-order valence-corrected chi connectivity index (χ1v) is 3.96. The van der Waals surface area contributed by atoms with Crippen LogP contribution in [0.4, 0.5) is 0 Å². The summed E-state index contributed by atoms with van der Waals surface area (Å²) in [6, 6.07) is 0.978. The highest BCUT2D eigenvalue weighted by Crippen LogP contribution is 2.34. The van der Waals surface area contributed by atoms with Crippen molar-refractivity contribution in [3.8, 4) is 0 Å². The quantitative estimate of drug-likeness (QED) is 0.529. The summed E-state index contributed by atoms with van der Waals surface area (Å²) >= 11 is 0. The minimum absolute atomic E-state index is 0.210. The molecule has 0 aromatic rings. The zero-order valence-corrected chi connectivity index (χ0v) is 6.85. The van der Waals surface area contributed by atoms with Crippen molar-refractivity contribution in [3.63, 3.8) is 0 Å². The fraction of sp³-hybridized carbons (Fsp3) is 0.875. The molecule has 0 saturated heterocycles. The predicted octanol–water partition coefficient (Wildman–Crippen LogP) is 1.01. The van der Waals surface area contributed by atoms with E-state index in [1.165, 1.54) is 12.8 Å². The zero-order chi connectivity index (χ0) is 7.78. The van der Waals surface area contributed by atoms with Gasteiger partial charge in [-0.05, 0) is 25.7 Å². The monoisotopic (exact) mass is 141 g/mol. The van der Waals surface area contributed by atoms with E-state index in [0.717, 1.165) is 12.5 Å². The molecule has 0 spiro atoms. The summed E-state index contributed by atoms with van der Waals surface area (Å²) in [7, 11) is 0. The molecule has 1 saturated carbocycles. The van der Waals surface area contributed by atoms with Gasteiger partial charge in [0.05, 0.1) is 6.04 Å². The summed E-state index contributed by atoms with van der Waals surface area (Å²) in [6.07, 6.45) is 3.44. The smallest absolute Gasteiger partial charge is 0.0537 e. The van der Waals surface area contributed by atoms with Crippen molar-refractivity contribution in [3.05, 3.63) is 6.04 Å². The molecule has 0 bridgehead atoms. The van der Waals surface area contributed by atoms with E-state index in [1.807, 2.05) is 6.92 Å². The first-order valence-electron chi connectivity index (χ1n) is 3.96. The Bertz CT molecular complexity index is 108. The van der Waals surface area contributed by atoms with Crippen LogP contribution in [-0.2, 0) is 0 Å². The molecule has 0 heterocycles. The van der Waals surface area contributed by atoms with E-state index in [1.54, 1.807) is 0 Å². The van der Waals surface area contributed by atoms with Gasteiger partial charge < -0.3 is 11.5 Å². The molecular formula is C8H17N2. The molecule has 1 aliphatic rings. The summed E-state index contributed by atoms with van der Waals surface area (Å²) in [5.74, 6) is 0.543. The SMILES string of the molecule is C[C@@H]1CCC[C](N)[C@]1(C)N. The van der Waals surface area contributed by atoms with Crippen LogP contribution in [0.1, 0.15) is 33.1 Å². The van der Waals surface area contributed by atoms with E-state index in [2.05, 4.69) is 6.92 Å². The highest BCUT2D eigenvalue weighted by atomic mass is 14.9. The fourth-order valence-electron chi connectivity index (χ4n) is 1.48. The number of rotatable bonds is 0. The van der Waals surface area contributed by atoms with E-state index in [9.17, 15) is 0 Å². The van der Waals surface area contributed by atoms with Gasteiger partial charge in [0, 0.05) is 5.54 Å². The van der Waals surface area contributed by atoms with E-state index < -0.39 is 0 Å². The van der Waals surface area contributed by atoms with Crippen LogP contribution in [0.15, 0.2) is 0 Å². The Morgan fingerprint density at radius 3 is 2.60 bits per heavy atom. The van der Waals surface area contributed by atoms with Crippen LogP contribution in [0, 0.1) is 12.0 Å². The molecule has 1 fully saturated rings. The average molecular weight is 141 g/mol. The van der Waals surface area contributed by atoms with Gasteiger partial charge in [-0.25, -0.2) is 0 Å². The Morgan fingerprint density at radius 2 is 2.20 bits per heavy atom. The first-order chi connectivity index (χ1) is 4.55. The van der Waals surface area contributed by atoms with E-state index in [-0.39, 0.29) is 5.54 Å². The first kappa shape index (κ1) is 8.02. The van der Waals surface area contributed by atoms with Crippen molar-refractivity contribution in [1.82, 2.24) is 0 Å². The van der Waals surface area contributed by atoms with Crippen LogP contribution in [0.3, 0.4) is 0 Å². The Hall–Kier alpha value is -0.0800. The summed E-state index contributed by atoms with van der Waals surface area (Å²) < 4.78 is 0. The van der Waals surface area contributed by atoms with Gasteiger partial charge >= 0.3 is 0 Å². The molecule has 2 atom stereocenters. The van der Waals surface area contributed by atoms with Crippen molar-refractivity contribution in [1.29, 1.82) is 0 Å². The maximum absolute atomic E-state index is 6.00. The van der Waals surface area contributed by atoms with Crippen molar-refractivity contribution >= 4 is 0 Å². The summed E-state index contributed by atoms with van der Waals surface area (Å²) in [5.41, 5.74) is 11.6. The number of hydrogen-bond acceptors (Lipinski definition) is 2. The summed E-state index contributed by atoms with van der Waals surface area (Å²) in [6.45, 7) is 4.21. The minimum atomic E-state index is -0.210. The summed E-state index contributed by atoms with van der Waals surface area (Å²) in [4.78, 5) is 0. The lowest BCUT2D eigenvalue weighted by atomic mass is 9.73. The Labute approximate surface area is 63.0 Å². The third-order valence-electron chi connectivity index (χ3n) is 2.80. The van der Waals surface area contributed by atoms with Gasteiger partial charge in [-0.2, -0.15) is 0 Å². The van der Waals surface area contributed by atoms with Gasteiger partial charge in [0.1, 0.15) is 0 Å². The molecular weight excluding hydrogens is 124 g/mol. The van der Waals surface area contributed by atoms with Gasteiger partial charge in [0.25, 0.3) is 0 Å². The maximum atomic E-state index is 6.00. The molecule has 0 aliphatic heterocycles. The molecule has 1 radical (unpaired) electrons. The van der Waals surface area contributed by atoms with Crippen molar-refractivity contribution < 1.29 is 0 Å². The Balaban J connectivity index is 2.63. The van der Waals surface area contributed by atoms with Gasteiger partial charge in [-0.15, -0.1) is 0 Å². The van der Waals surface area contributed by atoms with Gasteiger partial charge in [0.15, 0.2) is 0 Å². The standard InChI is InChI=1S/C8H17N2/c1-6-4-3-5-7(9)8(6,2)10/h6H,3-5,9-10H2,1-2H3/t6-,8-/m1/s1. The summed E-state index contributed by atoms with van der Waals surface area (Å²) in [5, 5.41) is 0. The Morgan fingerprint density at radius 1 is 1.60 bits per heavy atom. The van der Waals surface area contributed by atoms with Crippen molar-refractivity contribution in [2.45, 2.75) is 38.6 Å². The molecule has 1 aliphatic carbocycles. The molecule has 59 valence electrons. The zero-order valence-electron chi connectivity index (χ0n) is 6.85. The molecule has 0 aromatic carbocycles. The highest BCUT2D eigenvalue weighted by molar-refractivity contribution is 5.10. The molecule has 0 amide bonds. The maximum Gasteiger partial charge on any atom is 0.0537 e. The third kappa shape index (κ3) is 1.18. The lowest BCUT2D eigenvalue weighted by Gasteiger charge is -2.40. The van der Waals surface area contributed by atoms with Gasteiger partial charge in [-0.3, -0.25) is 0 Å². The molecule has 2 heteroatoms. The molecule has 0 aromatic heterocycles. The molecule has 1 rings (SSSR count). The fourth-order valence-corrected chi connectivity index (χ4v) is 1.48. The van der Waals surface area contributed by atoms with Crippen molar-refractivity contribution in [2.75, 3.05) is 0 Å². The second kappa shape index (κ2) is 2.51. The van der Waals surface area contributed by atoms with E-state index in [0.29, 0.717) is 5.92 Å². The largest absolute Gasteiger partial charge is 0.323 e. The molecule has 0 unspecified atom stereocenters. The van der Waals surface area contributed by atoms with Crippen LogP contribution in [0.2, 0.25) is 0 Å². The molecule has 2 nitrogen and oxygen atoms in total. The minimum Gasteiger partial charge on any atom is -0.323 e. The van der Waals surface area contributed by atoms with Crippen LogP contribution >= 0.6 is 0 Å². The van der Waals surface area contributed by atoms with Crippen molar-refractivity contribution in [2.24, 2.45) is 17.4 Å². The van der Waals surface area contributed by atoms with Gasteiger partial charge in [0.2, 0.25) is 0 Å². The lowest BCUT2D eigenvalue weighted by molar-refractivity contribution is 0.252. The highest BCUT2D eigenvalue weighted by Gasteiger charge is 2.36. The number of hydrogen-bond donors (Lipinski definition) is 2. The van der Waals surface area contributed by atoms with E-state index >= 15 is 0 Å². The van der Waals surface area contributed by atoms with Gasteiger partial charge in [-0.1, -0.05) is 13.3 Å². The molecule has 4 N–H and O–H groups in total. The second-order valence-electron chi connectivity index (χ2n) is 3.60. The predicted molar refractivity (Wildman–Crippen MR) is 43.0 cm³/mol. The molecule has 10 heavy (non-hydrogen) atoms. The topological polar surface area (TPSA) is 52.0 Å². The van der Waals surface area contributed by atoms with Crippen LogP contribution in [0.5, 0.6) is 0 Å². The Kier molecular flexibility index (Phi) is 2.02.